The third-order valence-corrected chi connectivity index (χ3v) is 7.31. The zero-order valence-corrected chi connectivity index (χ0v) is 27.3. The molecule has 0 radical (unpaired) electrons. The molecule has 7 N–H and O–H groups in total. The smallest absolute Gasteiger partial charge is 0.356 e. The summed E-state index contributed by atoms with van der Waals surface area (Å²) in [5.41, 5.74) is 11.0. The Morgan fingerprint density at radius 3 is 1.87 bits per heavy atom. The second kappa shape index (κ2) is 21.2. The molecule has 1 aliphatic rings. The van der Waals surface area contributed by atoms with Crippen LogP contribution in [0.2, 0.25) is 0 Å². The van der Waals surface area contributed by atoms with Crippen molar-refractivity contribution in [2.24, 2.45) is 5.73 Å². The van der Waals surface area contributed by atoms with Gasteiger partial charge in [-0.15, -0.1) is 0 Å². The first-order valence-electron chi connectivity index (χ1n) is 15.7. The Morgan fingerprint density at radius 1 is 0.822 bits per heavy atom. The van der Waals surface area contributed by atoms with Crippen LogP contribution in [0.4, 0.5) is 0 Å². The van der Waals surface area contributed by atoms with Crippen LogP contribution < -0.4 is 31.8 Å². The lowest BCUT2D eigenvalue weighted by Gasteiger charge is -2.12. The maximum atomic E-state index is 12.1. The van der Waals surface area contributed by atoms with Crippen LogP contribution in [0.25, 0.3) is 0 Å². The molecular weight excluding hydrogens is 580 g/mol. The van der Waals surface area contributed by atoms with E-state index in [0.29, 0.717) is 18.6 Å². The molecule has 0 fully saturated rings. The van der Waals surface area contributed by atoms with Crippen molar-refractivity contribution >= 4 is 17.8 Å². The summed E-state index contributed by atoms with van der Waals surface area (Å²) in [6.45, 7) is 8.05. The summed E-state index contributed by atoms with van der Waals surface area (Å²) in [4.78, 5) is 35.5. The van der Waals surface area contributed by atoms with Gasteiger partial charge in [0.2, 0.25) is 5.91 Å². The fourth-order valence-electron chi connectivity index (χ4n) is 5.08. The number of carbonyl (C=O) groups excluding carboxylic acids is 3. The normalized spacial score (nSPS) is 12.0. The third kappa shape index (κ3) is 12.3. The van der Waals surface area contributed by atoms with E-state index in [-0.39, 0.29) is 17.1 Å². The van der Waals surface area contributed by atoms with E-state index in [1.807, 2.05) is 12.1 Å². The fourth-order valence-corrected chi connectivity index (χ4v) is 5.08. The standard InChI is InChI=1S/C18H34N4O2.C14H18N2O5/c1-24-18-14-16(6-7-17(18)23)15-22-13-5-12-21-10-3-2-9-20-11-4-8-19;1-8(17)15-16-11(13(18)20-2)9-6-4-5-7-10(9)12(16)14(19)21-3/h6-7,14,20-23H,2-5,8-13,15,19H2,1H3;4-7H2,1-3H3,(H,15,17). The first-order valence-corrected chi connectivity index (χ1v) is 15.7. The Balaban J connectivity index is 0.000000316. The van der Waals surface area contributed by atoms with Gasteiger partial charge in [-0.3, -0.25) is 10.2 Å². The second-order valence-electron chi connectivity index (χ2n) is 10.7. The quantitative estimate of drug-likeness (QED) is 0.105. The average molecular weight is 633 g/mol. The van der Waals surface area contributed by atoms with Crippen LogP contribution in [-0.2, 0) is 33.7 Å². The van der Waals surface area contributed by atoms with Gasteiger partial charge in [0.25, 0.3) is 0 Å². The van der Waals surface area contributed by atoms with Gasteiger partial charge in [-0.2, -0.15) is 0 Å². The molecule has 1 aromatic carbocycles. The van der Waals surface area contributed by atoms with E-state index in [1.165, 1.54) is 38.7 Å². The highest BCUT2D eigenvalue weighted by atomic mass is 16.5. The number of amides is 1. The number of nitrogens with zero attached hydrogens (tertiary/aromatic N) is 1. The number of aromatic hydroxyl groups is 1. The van der Waals surface area contributed by atoms with Gasteiger partial charge in [-0.05, 0) is 119 Å². The summed E-state index contributed by atoms with van der Waals surface area (Å²) in [5, 5.41) is 19.8. The van der Waals surface area contributed by atoms with Crippen molar-refractivity contribution in [2.75, 3.05) is 66.0 Å². The number of benzene rings is 1. The molecule has 45 heavy (non-hydrogen) atoms. The van der Waals surface area contributed by atoms with Crippen LogP contribution in [0.3, 0.4) is 0 Å². The molecule has 1 amide bonds. The predicted octanol–water partition coefficient (Wildman–Crippen LogP) is 2.22. The van der Waals surface area contributed by atoms with Crippen molar-refractivity contribution in [1.29, 1.82) is 0 Å². The number of methoxy groups -OCH3 is 3. The minimum Gasteiger partial charge on any atom is -0.504 e. The maximum Gasteiger partial charge on any atom is 0.356 e. The van der Waals surface area contributed by atoms with Crippen molar-refractivity contribution in [3.8, 4) is 11.5 Å². The number of phenols is 1. The van der Waals surface area contributed by atoms with Crippen molar-refractivity contribution in [3.63, 3.8) is 0 Å². The Morgan fingerprint density at radius 2 is 1.36 bits per heavy atom. The van der Waals surface area contributed by atoms with Crippen molar-refractivity contribution in [3.05, 3.63) is 46.3 Å². The van der Waals surface area contributed by atoms with Crippen molar-refractivity contribution < 1.29 is 33.7 Å². The molecule has 0 unspecified atom stereocenters. The molecule has 0 saturated carbocycles. The van der Waals surface area contributed by atoms with Crippen LogP contribution in [0.15, 0.2) is 18.2 Å². The summed E-state index contributed by atoms with van der Waals surface area (Å²) in [6.07, 6.45) is 7.73. The van der Waals surface area contributed by atoms with E-state index >= 15 is 0 Å². The Bertz CT molecular complexity index is 1170. The number of nitrogens with two attached hydrogens (primary N) is 1. The highest BCUT2D eigenvalue weighted by Crippen LogP contribution is 2.31. The number of hydrogen-bond acceptors (Lipinski definition) is 11. The highest BCUT2D eigenvalue weighted by Gasteiger charge is 2.33. The number of nitrogens with one attached hydrogen (secondary N) is 4. The minimum absolute atomic E-state index is 0.181. The van der Waals surface area contributed by atoms with E-state index in [2.05, 4.69) is 21.4 Å². The summed E-state index contributed by atoms with van der Waals surface area (Å²) in [6, 6.07) is 5.44. The van der Waals surface area contributed by atoms with Crippen molar-refractivity contribution in [2.45, 2.75) is 64.8 Å². The number of hydrogen-bond donors (Lipinski definition) is 6. The molecule has 13 heteroatoms. The van der Waals surface area contributed by atoms with E-state index in [0.717, 1.165) is 88.2 Å². The fraction of sp³-hybridized carbons (Fsp3) is 0.594. The molecule has 2 aromatic rings. The number of unbranched alkanes of at least 4 members (excludes halogenated alkanes) is 1. The van der Waals surface area contributed by atoms with E-state index in [4.69, 9.17) is 19.9 Å². The van der Waals surface area contributed by atoms with Gasteiger partial charge < -0.3 is 41.0 Å². The van der Waals surface area contributed by atoms with Gasteiger partial charge >= 0.3 is 11.9 Å². The van der Waals surface area contributed by atoms with Crippen LogP contribution in [0, 0.1) is 0 Å². The summed E-state index contributed by atoms with van der Waals surface area (Å²) < 4.78 is 15.9. The first-order chi connectivity index (χ1) is 21.8. The molecule has 13 nitrogen and oxygen atoms in total. The largest absolute Gasteiger partial charge is 0.504 e. The van der Waals surface area contributed by atoms with Crippen LogP contribution >= 0.6 is 0 Å². The molecule has 1 aliphatic carbocycles. The topological polar surface area (TPSA) is 178 Å². The van der Waals surface area contributed by atoms with Gasteiger partial charge in [0.15, 0.2) is 22.9 Å². The number of carbonyl (C=O) groups is 3. The van der Waals surface area contributed by atoms with Gasteiger partial charge in [0.05, 0.1) is 21.3 Å². The first kappa shape index (κ1) is 37.5. The monoisotopic (exact) mass is 632 g/mol. The lowest BCUT2D eigenvalue weighted by atomic mass is 9.92. The lowest BCUT2D eigenvalue weighted by molar-refractivity contribution is -0.115. The number of aromatic nitrogens is 1. The minimum atomic E-state index is -0.586. The molecule has 1 aromatic heterocycles. The molecule has 1 heterocycles. The number of phenolic OH excluding ortho intramolecular Hbond substituents is 1. The van der Waals surface area contributed by atoms with Crippen molar-refractivity contribution in [1.82, 2.24) is 20.6 Å². The Labute approximate surface area is 266 Å². The number of ether oxygens (including phenoxy) is 3. The van der Waals surface area contributed by atoms with Crippen LogP contribution in [0.5, 0.6) is 11.5 Å². The average Bonchev–Trinajstić information content (AvgIpc) is 3.36. The Hall–Kier alpha value is -3.65. The number of fused-ring (bicyclic) bond motifs is 1. The highest BCUT2D eigenvalue weighted by molar-refractivity contribution is 5.98. The van der Waals surface area contributed by atoms with Gasteiger partial charge in [-0.25, -0.2) is 14.3 Å². The summed E-state index contributed by atoms with van der Waals surface area (Å²) in [5.74, 6) is -0.861. The molecule has 252 valence electrons. The number of esters is 2. The van der Waals surface area contributed by atoms with Crippen LogP contribution in [0.1, 0.15) is 83.1 Å². The second-order valence-corrected chi connectivity index (χ2v) is 10.7. The molecule has 0 atom stereocenters. The third-order valence-electron chi connectivity index (χ3n) is 7.31. The van der Waals surface area contributed by atoms with E-state index in [9.17, 15) is 19.5 Å². The van der Waals surface area contributed by atoms with Gasteiger partial charge in [-0.1, -0.05) is 6.07 Å². The predicted molar refractivity (Wildman–Crippen MR) is 173 cm³/mol. The molecule has 0 saturated heterocycles. The Kier molecular flexibility index (Phi) is 17.6. The van der Waals surface area contributed by atoms with E-state index < -0.39 is 17.8 Å². The number of rotatable bonds is 18. The molecule has 0 spiro atoms. The zero-order valence-electron chi connectivity index (χ0n) is 27.3. The van der Waals surface area contributed by atoms with Gasteiger partial charge in [0, 0.05) is 13.5 Å². The lowest BCUT2D eigenvalue weighted by Crippen LogP contribution is -2.28. The SMILES string of the molecule is COC(=O)c1c2c(c(C(=O)OC)n1NC(C)=O)CCCC2.COc1cc(CNCCCNCCCCNCCCN)ccc1O. The molecular formula is C32H52N6O7. The maximum absolute atomic E-state index is 12.1. The summed E-state index contributed by atoms with van der Waals surface area (Å²) in [7, 11) is 4.09. The molecule has 0 bridgehead atoms. The van der Waals surface area contributed by atoms with Crippen LogP contribution in [-0.4, -0.2) is 88.2 Å². The van der Waals surface area contributed by atoms with Gasteiger partial charge in [0.1, 0.15) is 0 Å². The summed E-state index contributed by atoms with van der Waals surface area (Å²) >= 11 is 0. The van der Waals surface area contributed by atoms with E-state index in [1.54, 1.807) is 13.2 Å². The molecule has 0 aliphatic heterocycles. The molecule has 3 rings (SSSR count). The zero-order chi connectivity index (χ0) is 33.0.